The van der Waals surface area contributed by atoms with Crippen LogP contribution < -0.4 is 0 Å². The van der Waals surface area contributed by atoms with Gasteiger partial charge in [-0.1, -0.05) is 30.3 Å². The Hall–Kier alpha value is -1.76. The first-order valence-electron chi connectivity index (χ1n) is 3.48. The van der Waals surface area contributed by atoms with Gasteiger partial charge in [-0.3, -0.25) is 0 Å². The summed E-state index contributed by atoms with van der Waals surface area (Å²) in [6, 6.07) is 7.63. The number of hydrogen-bond donors (Lipinski definition) is 0. The molecular formula is C7H5N2O4S-. The summed E-state index contributed by atoms with van der Waals surface area (Å²) < 4.78 is 13.4. The van der Waals surface area contributed by atoms with E-state index in [0.717, 1.165) is 0 Å². The number of hydrogen-bond acceptors (Lipinski definition) is 5. The van der Waals surface area contributed by atoms with E-state index >= 15 is 0 Å². The van der Waals surface area contributed by atoms with Crippen LogP contribution in [0.25, 0.3) is 0 Å². The summed E-state index contributed by atoms with van der Waals surface area (Å²) in [5, 5.41) is 7.82. The molecule has 74 valence electrons. The lowest BCUT2D eigenvalue weighted by atomic mass is 10.2. The quantitative estimate of drug-likeness (QED) is 0.419. The van der Waals surface area contributed by atoms with Crippen LogP contribution in [0.5, 0.6) is 0 Å². The van der Waals surface area contributed by atoms with Crippen molar-refractivity contribution in [3.63, 3.8) is 0 Å². The molecule has 0 unspecified atom stereocenters. The summed E-state index contributed by atoms with van der Waals surface area (Å²) >= 11 is 0. The zero-order valence-electron chi connectivity index (χ0n) is 6.82. The molecule has 7 heteroatoms. The molecule has 0 bridgehead atoms. The van der Waals surface area contributed by atoms with E-state index in [1.54, 1.807) is 18.2 Å². The highest BCUT2D eigenvalue weighted by atomic mass is 32.2. The van der Waals surface area contributed by atoms with Crippen LogP contribution in [-0.2, 0) is 14.8 Å². The van der Waals surface area contributed by atoms with Crippen LogP contribution in [0, 0.1) is 10.1 Å². The molecule has 0 fully saturated rings. The van der Waals surface area contributed by atoms with Crippen LogP contribution in [0.2, 0.25) is 0 Å². The Morgan fingerprint density at radius 2 is 1.93 bits per heavy atom. The summed E-state index contributed by atoms with van der Waals surface area (Å²) in [7, 11) is -2.46. The predicted octanol–water partition coefficient (Wildman–Crippen LogP) is 1.17. The molecule has 1 rings (SSSR count). The molecule has 14 heavy (non-hydrogen) atoms. The van der Waals surface area contributed by atoms with Gasteiger partial charge in [0.15, 0.2) is 5.03 Å². The number of nitrogens with zero attached hydrogens (tertiary/aromatic N) is 2. The van der Waals surface area contributed by atoms with Gasteiger partial charge in [0.1, 0.15) is 5.12 Å². The average Bonchev–Trinajstić information content (AvgIpc) is 2.17. The van der Waals surface area contributed by atoms with Crippen molar-refractivity contribution in [2.45, 2.75) is 0 Å². The lowest BCUT2D eigenvalue weighted by Gasteiger charge is -1.99. The molecule has 0 amide bonds. The first-order valence-corrected chi connectivity index (χ1v) is 4.59. The van der Waals surface area contributed by atoms with Crippen molar-refractivity contribution in [1.82, 2.24) is 0 Å². The molecule has 0 N–H and O–H groups in total. The van der Waals surface area contributed by atoms with E-state index < -0.39 is 20.7 Å². The molecule has 0 aliphatic rings. The van der Waals surface area contributed by atoms with Crippen molar-refractivity contribution in [2.24, 2.45) is 4.47 Å². The second-order valence-corrected chi connectivity index (χ2v) is 3.25. The Bertz CT molecular complexity index is 436. The maximum atomic E-state index is 11.2. The van der Waals surface area contributed by atoms with Crippen LogP contribution in [0.4, 0.5) is 0 Å². The van der Waals surface area contributed by atoms with Gasteiger partial charge in [0.05, 0.1) is 0 Å². The molecule has 0 heterocycles. The first-order chi connectivity index (χ1) is 6.61. The van der Waals surface area contributed by atoms with Crippen molar-refractivity contribution in [3.05, 3.63) is 46.0 Å². The number of rotatable bonds is 2. The van der Waals surface area contributed by atoms with Gasteiger partial charge >= 0.3 is 0 Å². The van der Waals surface area contributed by atoms with Gasteiger partial charge in [0.2, 0.25) is 0 Å². The van der Waals surface area contributed by atoms with Gasteiger partial charge < -0.3 is 9.00 Å². The van der Waals surface area contributed by atoms with Gasteiger partial charge in [-0.05, 0) is 20.6 Å². The topological polar surface area (TPSA) is 89.6 Å². The van der Waals surface area contributed by atoms with Crippen molar-refractivity contribution >= 4 is 15.7 Å². The summed E-state index contributed by atoms with van der Waals surface area (Å²) in [4.78, 5) is 21.0. The minimum atomic E-state index is -2.46. The van der Waals surface area contributed by atoms with E-state index in [-0.39, 0.29) is 5.56 Å². The first kappa shape index (κ1) is 10.3. The fourth-order valence-electron chi connectivity index (χ4n) is 0.773. The number of benzene rings is 1. The Kier molecular flexibility index (Phi) is 3.29. The van der Waals surface area contributed by atoms with Crippen LogP contribution in [-0.4, -0.2) is 10.1 Å². The average molecular weight is 213 g/mol. The van der Waals surface area contributed by atoms with E-state index in [4.69, 9.17) is 0 Å². The third kappa shape index (κ3) is 2.63. The van der Waals surface area contributed by atoms with E-state index in [2.05, 4.69) is 4.47 Å². The lowest BCUT2D eigenvalue weighted by Crippen LogP contribution is -2.01. The Labute approximate surface area is 80.9 Å². The minimum absolute atomic E-state index is 0.136. The van der Waals surface area contributed by atoms with Crippen molar-refractivity contribution in [3.8, 4) is 0 Å². The van der Waals surface area contributed by atoms with E-state index in [1.807, 2.05) is 0 Å². The van der Waals surface area contributed by atoms with Crippen LogP contribution in [0.1, 0.15) is 10.4 Å². The summed E-state index contributed by atoms with van der Waals surface area (Å²) in [5.74, 6) is 0. The predicted molar refractivity (Wildman–Crippen MR) is 48.2 cm³/mol. The molecule has 0 saturated carbocycles. The highest BCUT2D eigenvalue weighted by Crippen LogP contribution is 2.01. The molecule has 0 aliphatic carbocycles. The third-order valence-electron chi connectivity index (χ3n) is 1.31. The van der Waals surface area contributed by atoms with Crippen LogP contribution >= 0.6 is 0 Å². The smallest absolute Gasteiger partial charge is 0.166 e. The van der Waals surface area contributed by atoms with Crippen LogP contribution in [0.15, 0.2) is 34.8 Å². The van der Waals surface area contributed by atoms with E-state index in [9.17, 15) is 19.1 Å². The Morgan fingerprint density at radius 1 is 1.36 bits per heavy atom. The lowest BCUT2D eigenvalue weighted by molar-refractivity contribution is -0.481. The molecule has 0 aromatic heterocycles. The van der Waals surface area contributed by atoms with Gasteiger partial charge in [-0.15, -0.1) is 0 Å². The van der Waals surface area contributed by atoms with Gasteiger partial charge in [0.25, 0.3) is 0 Å². The molecule has 0 saturated heterocycles. The normalized spacial score (nSPS) is 12.3. The SMILES string of the molecule is O=C(c1ccccc1)[S-](=O)=N[N+](=O)[O-]. The molecular weight excluding hydrogens is 208 g/mol. The van der Waals surface area contributed by atoms with Gasteiger partial charge in [-0.25, -0.2) is 10.1 Å². The number of carbonyl (C=O) groups is 1. The maximum absolute atomic E-state index is 11.2. The van der Waals surface area contributed by atoms with E-state index in [0.29, 0.717) is 0 Å². The van der Waals surface area contributed by atoms with Crippen molar-refractivity contribution < 1.29 is 14.0 Å². The second-order valence-electron chi connectivity index (χ2n) is 2.22. The molecule has 0 spiro atoms. The zero-order valence-corrected chi connectivity index (χ0v) is 7.64. The second kappa shape index (κ2) is 4.47. The van der Waals surface area contributed by atoms with Gasteiger partial charge in [0, 0.05) is 0 Å². The largest absolute Gasteiger partial charge is 0.431 e. The molecule has 6 nitrogen and oxygen atoms in total. The van der Waals surface area contributed by atoms with Crippen LogP contribution in [0.3, 0.4) is 0 Å². The molecule has 1 aromatic rings. The highest BCUT2D eigenvalue weighted by Gasteiger charge is 1.98. The molecule has 0 aliphatic heterocycles. The molecule has 1 aromatic carbocycles. The highest BCUT2D eigenvalue weighted by molar-refractivity contribution is 7.91. The zero-order chi connectivity index (χ0) is 10.6. The van der Waals surface area contributed by atoms with E-state index in [1.165, 1.54) is 12.1 Å². The van der Waals surface area contributed by atoms with Crippen molar-refractivity contribution in [1.29, 1.82) is 0 Å². The third-order valence-corrected chi connectivity index (χ3v) is 2.14. The molecule has 0 atom stereocenters. The van der Waals surface area contributed by atoms with Crippen molar-refractivity contribution in [2.75, 3.05) is 0 Å². The Morgan fingerprint density at radius 3 is 2.43 bits per heavy atom. The summed E-state index contributed by atoms with van der Waals surface area (Å²) in [6.07, 6.45) is 0. The Balaban J connectivity index is 2.99. The summed E-state index contributed by atoms with van der Waals surface area (Å²) in [5.41, 5.74) is 0.136. The fourth-order valence-corrected chi connectivity index (χ4v) is 1.31. The minimum Gasteiger partial charge on any atom is -0.431 e. The number of carbonyl (C=O) groups excluding carboxylic acids is 1. The fraction of sp³-hybridized carbons (Fsp3) is 0. The molecule has 0 radical (unpaired) electrons. The standard InChI is InChI=1S/C7H5N2O4S/c10-7(14(13)8-9(11)12)6-4-2-1-3-5-6/h1-5H/q-1. The monoisotopic (exact) mass is 213 g/mol. The summed E-state index contributed by atoms with van der Waals surface area (Å²) in [6.45, 7) is 0. The van der Waals surface area contributed by atoms with Gasteiger partial charge in [-0.2, -0.15) is 0 Å². The maximum Gasteiger partial charge on any atom is 0.166 e. The number of nitro groups is 1.